The van der Waals surface area contributed by atoms with Gasteiger partial charge >= 0.3 is 0 Å². The van der Waals surface area contributed by atoms with Gasteiger partial charge in [0.2, 0.25) is 10.0 Å². The molecular weight excluding hydrogens is 433 g/mol. The molecule has 0 saturated carbocycles. The van der Waals surface area contributed by atoms with E-state index in [0.29, 0.717) is 5.56 Å². The summed E-state index contributed by atoms with van der Waals surface area (Å²) < 4.78 is 45.6. The summed E-state index contributed by atoms with van der Waals surface area (Å²) in [6.07, 6.45) is 0. The molecule has 0 aliphatic rings. The number of nitrogens with zero attached hydrogens (tertiary/aromatic N) is 2. The molecule has 0 saturated heterocycles. The zero-order chi connectivity index (χ0) is 22.2. The van der Waals surface area contributed by atoms with Crippen LogP contribution in [0.15, 0.2) is 45.8 Å². The van der Waals surface area contributed by atoms with Gasteiger partial charge < -0.3 is 9.84 Å². The Morgan fingerprint density at radius 2 is 1.90 bits per heavy atom. The quantitative estimate of drug-likeness (QED) is 0.625. The van der Waals surface area contributed by atoms with Crippen LogP contribution in [0.2, 0.25) is 5.02 Å². The molecule has 1 amide bonds. The van der Waals surface area contributed by atoms with E-state index < -0.39 is 21.7 Å². The predicted octanol–water partition coefficient (Wildman–Crippen LogP) is 4.25. The topological polar surface area (TPSA) is 92.5 Å². The summed E-state index contributed by atoms with van der Waals surface area (Å²) in [4.78, 5) is 13.0. The van der Waals surface area contributed by atoms with Crippen molar-refractivity contribution < 1.29 is 22.1 Å². The first-order valence-corrected chi connectivity index (χ1v) is 10.6. The van der Waals surface area contributed by atoms with E-state index in [0.717, 1.165) is 4.31 Å². The van der Waals surface area contributed by atoms with Gasteiger partial charge in [-0.15, -0.1) is 0 Å². The van der Waals surface area contributed by atoms with Crippen LogP contribution in [-0.4, -0.2) is 37.9 Å². The predicted molar refractivity (Wildman–Crippen MR) is 112 cm³/mol. The van der Waals surface area contributed by atoms with E-state index in [2.05, 4.69) is 10.5 Å². The SMILES string of the molecule is Cc1ccc(NC(=O)c2c(-c3c(F)cccc3Cl)noc2C)cc1S(=O)(=O)N(C)C. The second-order valence-corrected chi connectivity index (χ2v) is 9.31. The number of amides is 1. The Labute approximate surface area is 178 Å². The number of carbonyl (C=O) groups is 1. The highest BCUT2D eigenvalue weighted by Gasteiger charge is 2.26. The number of hydrogen-bond donors (Lipinski definition) is 1. The molecule has 0 spiro atoms. The first kappa shape index (κ1) is 21.9. The van der Waals surface area contributed by atoms with Crippen molar-refractivity contribution >= 4 is 33.2 Å². The van der Waals surface area contributed by atoms with Crippen LogP contribution < -0.4 is 5.32 Å². The van der Waals surface area contributed by atoms with Crippen LogP contribution in [0.4, 0.5) is 10.1 Å². The third-order valence-corrected chi connectivity index (χ3v) is 6.77. The summed E-state index contributed by atoms with van der Waals surface area (Å²) in [7, 11) is -0.863. The molecule has 1 heterocycles. The van der Waals surface area contributed by atoms with Gasteiger partial charge in [0.15, 0.2) is 0 Å². The molecule has 3 aromatic rings. The van der Waals surface area contributed by atoms with Gasteiger partial charge in [-0.25, -0.2) is 17.1 Å². The van der Waals surface area contributed by atoms with Crippen LogP contribution in [0.1, 0.15) is 21.7 Å². The summed E-state index contributed by atoms with van der Waals surface area (Å²) >= 11 is 6.10. The second-order valence-electron chi connectivity index (χ2n) is 6.78. The molecule has 2 aromatic carbocycles. The zero-order valence-corrected chi connectivity index (χ0v) is 18.2. The Balaban J connectivity index is 2.02. The number of halogens is 2. The normalized spacial score (nSPS) is 11.7. The first-order valence-electron chi connectivity index (χ1n) is 8.79. The lowest BCUT2D eigenvalue weighted by molar-refractivity contribution is 0.102. The number of rotatable bonds is 5. The monoisotopic (exact) mass is 451 g/mol. The molecule has 158 valence electrons. The van der Waals surface area contributed by atoms with E-state index in [-0.39, 0.29) is 38.2 Å². The number of carbonyl (C=O) groups excluding carboxylic acids is 1. The summed E-state index contributed by atoms with van der Waals surface area (Å²) in [5.74, 6) is -1.13. The highest BCUT2D eigenvalue weighted by Crippen LogP contribution is 2.34. The molecule has 10 heteroatoms. The minimum Gasteiger partial charge on any atom is -0.360 e. The molecule has 1 aromatic heterocycles. The average molecular weight is 452 g/mol. The first-order chi connectivity index (χ1) is 14.0. The van der Waals surface area contributed by atoms with Crippen molar-refractivity contribution in [2.45, 2.75) is 18.7 Å². The van der Waals surface area contributed by atoms with Crippen molar-refractivity contribution in [3.05, 3.63) is 64.1 Å². The van der Waals surface area contributed by atoms with Gasteiger partial charge in [0, 0.05) is 19.8 Å². The number of aryl methyl sites for hydroxylation is 2. The molecule has 3 rings (SSSR count). The van der Waals surface area contributed by atoms with Crippen LogP contribution >= 0.6 is 11.6 Å². The molecule has 7 nitrogen and oxygen atoms in total. The number of sulfonamides is 1. The molecule has 0 radical (unpaired) electrons. The van der Waals surface area contributed by atoms with Gasteiger partial charge in [-0.05, 0) is 43.7 Å². The fourth-order valence-corrected chi connectivity index (χ4v) is 4.28. The third kappa shape index (κ3) is 3.96. The van der Waals surface area contributed by atoms with Crippen LogP contribution in [0.5, 0.6) is 0 Å². The van der Waals surface area contributed by atoms with E-state index in [4.69, 9.17) is 16.1 Å². The standard InChI is InChI=1S/C20H19ClFN3O4S/c1-11-8-9-13(10-16(11)30(27,28)25(3)4)23-20(26)17-12(2)29-24-19(17)18-14(21)6-5-7-15(18)22/h5-10H,1-4H3,(H,23,26). The van der Waals surface area contributed by atoms with Crippen LogP contribution in [0.3, 0.4) is 0 Å². The molecular formula is C20H19ClFN3O4S. The maximum absolute atomic E-state index is 14.4. The minimum atomic E-state index is -3.71. The van der Waals surface area contributed by atoms with Crippen LogP contribution in [0, 0.1) is 19.7 Å². The van der Waals surface area contributed by atoms with Gasteiger partial charge in [-0.2, -0.15) is 0 Å². The Morgan fingerprint density at radius 1 is 1.20 bits per heavy atom. The van der Waals surface area contributed by atoms with Gasteiger partial charge in [-0.3, -0.25) is 4.79 Å². The van der Waals surface area contributed by atoms with E-state index >= 15 is 0 Å². The Hall–Kier alpha value is -2.75. The molecule has 0 fully saturated rings. The Kier molecular flexibility index (Phi) is 5.98. The molecule has 0 aliphatic heterocycles. The van der Waals surface area contributed by atoms with Crippen LogP contribution in [-0.2, 0) is 10.0 Å². The molecule has 0 bridgehead atoms. The second kappa shape index (κ2) is 8.17. The highest BCUT2D eigenvalue weighted by atomic mass is 35.5. The maximum Gasteiger partial charge on any atom is 0.261 e. The molecule has 0 unspecified atom stereocenters. The fourth-order valence-electron chi connectivity index (χ4n) is 2.88. The number of aromatic nitrogens is 1. The summed E-state index contributed by atoms with van der Waals surface area (Å²) in [5, 5.41) is 6.50. The minimum absolute atomic E-state index is 0.000378. The van der Waals surface area contributed by atoms with E-state index in [1.165, 1.54) is 45.3 Å². The lowest BCUT2D eigenvalue weighted by Crippen LogP contribution is -2.23. The van der Waals surface area contributed by atoms with Crippen molar-refractivity contribution in [2.75, 3.05) is 19.4 Å². The van der Waals surface area contributed by atoms with Gasteiger partial charge in [-0.1, -0.05) is 28.9 Å². The lowest BCUT2D eigenvalue weighted by atomic mass is 10.0. The lowest BCUT2D eigenvalue weighted by Gasteiger charge is -2.15. The molecule has 1 N–H and O–H groups in total. The fraction of sp³-hybridized carbons (Fsp3) is 0.200. The number of nitrogens with one attached hydrogen (secondary N) is 1. The van der Waals surface area contributed by atoms with Crippen molar-refractivity contribution in [2.24, 2.45) is 0 Å². The number of benzene rings is 2. The van der Waals surface area contributed by atoms with E-state index in [9.17, 15) is 17.6 Å². The Bertz CT molecular complexity index is 1220. The smallest absolute Gasteiger partial charge is 0.261 e. The third-order valence-electron chi connectivity index (χ3n) is 4.49. The van der Waals surface area contributed by atoms with Crippen LogP contribution in [0.25, 0.3) is 11.3 Å². The number of hydrogen-bond acceptors (Lipinski definition) is 5. The highest BCUT2D eigenvalue weighted by molar-refractivity contribution is 7.89. The van der Waals surface area contributed by atoms with Gasteiger partial charge in [0.25, 0.3) is 5.91 Å². The summed E-state index contributed by atoms with van der Waals surface area (Å²) in [5.41, 5.74) is 0.681. The van der Waals surface area contributed by atoms with Gasteiger partial charge in [0.05, 0.1) is 15.5 Å². The average Bonchev–Trinajstić information content (AvgIpc) is 3.04. The zero-order valence-electron chi connectivity index (χ0n) is 16.7. The molecule has 30 heavy (non-hydrogen) atoms. The summed E-state index contributed by atoms with van der Waals surface area (Å²) in [6, 6.07) is 8.63. The number of anilines is 1. The molecule has 0 aliphatic carbocycles. The van der Waals surface area contributed by atoms with Crippen molar-refractivity contribution in [3.8, 4) is 11.3 Å². The Morgan fingerprint density at radius 3 is 2.53 bits per heavy atom. The van der Waals surface area contributed by atoms with Gasteiger partial charge in [0.1, 0.15) is 22.8 Å². The molecule has 0 atom stereocenters. The largest absolute Gasteiger partial charge is 0.360 e. The van der Waals surface area contributed by atoms with Crippen molar-refractivity contribution in [1.29, 1.82) is 0 Å². The van der Waals surface area contributed by atoms with E-state index in [1.54, 1.807) is 19.1 Å². The van der Waals surface area contributed by atoms with Crippen molar-refractivity contribution in [1.82, 2.24) is 9.46 Å². The summed E-state index contributed by atoms with van der Waals surface area (Å²) in [6.45, 7) is 3.17. The maximum atomic E-state index is 14.4. The van der Waals surface area contributed by atoms with E-state index in [1.807, 2.05) is 0 Å². The van der Waals surface area contributed by atoms with Crippen molar-refractivity contribution in [3.63, 3.8) is 0 Å².